The average molecular weight is 167 g/mol. The molecule has 1 aliphatic rings. The van der Waals surface area contributed by atoms with E-state index in [2.05, 4.69) is 24.4 Å². The Hall–Kier alpha value is -0.300. The molecule has 1 nitrogen and oxygen atoms in total. The molecule has 0 unspecified atom stereocenters. The summed E-state index contributed by atoms with van der Waals surface area (Å²) in [7, 11) is 0. The van der Waals surface area contributed by atoms with E-state index < -0.39 is 0 Å². The fourth-order valence-electron chi connectivity index (χ4n) is 1.41. The van der Waals surface area contributed by atoms with Gasteiger partial charge >= 0.3 is 0 Å². The molecular formula is C11H21N. The first-order valence-corrected chi connectivity index (χ1v) is 5.31. The maximum absolute atomic E-state index is 3.39. The van der Waals surface area contributed by atoms with Crippen LogP contribution in [0, 0.1) is 5.92 Å². The topological polar surface area (TPSA) is 12.0 Å². The van der Waals surface area contributed by atoms with Gasteiger partial charge in [-0.2, -0.15) is 0 Å². The third-order valence-electron chi connectivity index (χ3n) is 2.47. The number of hydrogen-bond donors (Lipinski definition) is 1. The number of allylic oxidation sites excluding steroid dienone is 1. The van der Waals surface area contributed by atoms with Gasteiger partial charge in [-0.3, -0.25) is 0 Å². The molecule has 0 spiro atoms. The van der Waals surface area contributed by atoms with Crippen LogP contribution in [0.1, 0.15) is 39.0 Å². The Morgan fingerprint density at radius 3 is 2.75 bits per heavy atom. The molecule has 1 fully saturated rings. The Bertz CT molecular complexity index is 125. The van der Waals surface area contributed by atoms with E-state index in [0.29, 0.717) is 0 Å². The Balaban J connectivity index is 1.83. The van der Waals surface area contributed by atoms with Crippen molar-refractivity contribution in [1.82, 2.24) is 5.32 Å². The van der Waals surface area contributed by atoms with Crippen LogP contribution in [-0.2, 0) is 0 Å². The monoisotopic (exact) mass is 167 g/mol. The molecule has 0 aromatic carbocycles. The van der Waals surface area contributed by atoms with E-state index in [1.807, 2.05) is 0 Å². The Morgan fingerprint density at radius 1 is 1.33 bits per heavy atom. The van der Waals surface area contributed by atoms with Gasteiger partial charge < -0.3 is 5.32 Å². The van der Waals surface area contributed by atoms with Crippen molar-refractivity contribution in [3.8, 4) is 0 Å². The van der Waals surface area contributed by atoms with E-state index in [0.717, 1.165) is 19.0 Å². The molecule has 1 heteroatoms. The van der Waals surface area contributed by atoms with E-state index in [1.54, 1.807) is 0 Å². The largest absolute Gasteiger partial charge is 0.316 e. The van der Waals surface area contributed by atoms with E-state index in [9.17, 15) is 0 Å². The maximum atomic E-state index is 3.39. The lowest BCUT2D eigenvalue weighted by atomic mass is 9.85. The summed E-state index contributed by atoms with van der Waals surface area (Å²) >= 11 is 0. The van der Waals surface area contributed by atoms with Crippen molar-refractivity contribution in [2.45, 2.75) is 39.0 Å². The molecule has 0 amide bonds. The number of nitrogens with one attached hydrogen (secondary N) is 1. The first kappa shape index (κ1) is 9.79. The summed E-state index contributed by atoms with van der Waals surface area (Å²) in [6, 6.07) is 0. The fraction of sp³-hybridized carbons (Fsp3) is 0.818. The fourth-order valence-corrected chi connectivity index (χ4v) is 1.41. The molecule has 1 rings (SSSR count). The van der Waals surface area contributed by atoms with Gasteiger partial charge in [-0.15, -0.1) is 0 Å². The molecule has 70 valence electrons. The zero-order valence-corrected chi connectivity index (χ0v) is 8.18. The second-order valence-electron chi connectivity index (χ2n) is 3.66. The van der Waals surface area contributed by atoms with E-state index >= 15 is 0 Å². The predicted octanol–water partition coefficient (Wildman–Crippen LogP) is 2.73. The predicted molar refractivity (Wildman–Crippen MR) is 54.3 cm³/mol. The van der Waals surface area contributed by atoms with E-state index in [1.165, 1.54) is 32.1 Å². The van der Waals surface area contributed by atoms with Gasteiger partial charge in [0.2, 0.25) is 0 Å². The van der Waals surface area contributed by atoms with Crippen LogP contribution < -0.4 is 5.32 Å². The van der Waals surface area contributed by atoms with Crippen LogP contribution in [0.2, 0.25) is 0 Å². The zero-order chi connectivity index (χ0) is 8.65. The molecule has 1 aliphatic carbocycles. The molecule has 1 saturated carbocycles. The molecule has 12 heavy (non-hydrogen) atoms. The normalized spacial score (nSPS) is 18.4. The molecule has 0 bridgehead atoms. The summed E-state index contributed by atoms with van der Waals surface area (Å²) < 4.78 is 0. The highest BCUT2D eigenvalue weighted by atomic mass is 14.8. The minimum atomic E-state index is 0.927. The minimum Gasteiger partial charge on any atom is -0.316 e. The first-order chi connectivity index (χ1) is 5.93. The van der Waals surface area contributed by atoms with Crippen LogP contribution in [-0.4, -0.2) is 13.1 Å². The third kappa shape index (κ3) is 3.91. The SMILES string of the molecule is CCCNCC/C=C/C1CCC1. The average Bonchev–Trinajstić information content (AvgIpc) is 2.00. The summed E-state index contributed by atoms with van der Waals surface area (Å²) in [6.45, 7) is 4.52. The van der Waals surface area contributed by atoms with Crippen LogP contribution in [0.3, 0.4) is 0 Å². The third-order valence-corrected chi connectivity index (χ3v) is 2.47. The molecule has 0 heterocycles. The van der Waals surface area contributed by atoms with Crippen LogP contribution >= 0.6 is 0 Å². The van der Waals surface area contributed by atoms with Gasteiger partial charge in [-0.05, 0) is 44.7 Å². The van der Waals surface area contributed by atoms with Crippen LogP contribution in [0.4, 0.5) is 0 Å². The smallest absolute Gasteiger partial charge is 0.00143 e. The Labute approximate surface area is 76.2 Å². The van der Waals surface area contributed by atoms with Gasteiger partial charge in [0.05, 0.1) is 0 Å². The molecular weight excluding hydrogens is 146 g/mol. The second-order valence-corrected chi connectivity index (χ2v) is 3.66. The molecule has 0 radical (unpaired) electrons. The van der Waals surface area contributed by atoms with Crippen LogP contribution in [0.5, 0.6) is 0 Å². The minimum absolute atomic E-state index is 0.927. The second kappa shape index (κ2) is 6.24. The van der Waals surface area contributed by atoms with Gasteiger partial charge in [0, 0.05) is 0 Å². The lowest BCUT2D eigenvalue weighted by molar-refractivity contribution is 0.387. The Kier molecular flexibility index (Phi) is 5.09. The highest BCUT2D eigenvalue weighted by Gasteiger charge is 2.12. The summed E-state index contributed by atoms with van der Waals surface area (Å²) in [5.74, 6) is 0.927. The first-order valence-electron chi connectivity index (χ1n) is 5.31. The van der Waals surface area contributed by atoms with Gasteiger partial charge in [-0.25, -0.2) is 0 Å². The van der Waals surface area contributed by atoms with Gasteiger partial charge in [-0.1, -0.05) is 25.5 Å². The standard InChI is InChI=1S/C11H21N/c1-2-9-12-10-4-3-6-11-7-5-8-11/h3,6,11-12H,2,4-5,7-10H2,1H3/b6-3+. The van der Waals surface area contributed by atoms with Crippen molar-refractivity contribution in [3.05, 3.63) is 12.2 Å². The molecule has 0 aromatic heterocycles. The van der Waals surface area contributed by atoms with E-state index in [4.69, 9.17) is 0 Å². The van der Waals surface area contributed by atoms with Crippen molar-refractivity contribution in [1.29, 1.82) is 0 Å². The molecule has 0 atom stereocenters. The van der Waals surface area contributed by atoms with Gasteiger partial charge in [0.1, 0.15) is 0 Å². The van der Waals surface area contributed by atoms with Gasteiger partial charge in [0.25, 0.3) is 0 Å². The number of rotatable bonds is 6. The lowest BCUT2D eigenvalue weighted by Gasteiger charge is -2.21. The van der Waals surface area contributed by atoms with Crippen molar-refractivity contribution >= 4 is 0 Å². The maximum Gasteiger partial charge on any atom is -0.00143 e. The van der Waals surface area contributed by atoms with Crippen LogP contribution in [0.15, 0.2) is 12.2 Å². The van der Waals surface area contributed by atoms with Crippen LogP contribution in [0.25, 0.3) is 0 Å². The summed E-state index contributed by atoms with van der Waals surface area (Å²) in [6.07, 6.45) is 11.5. The summed E-state index contributed by atoms with van der Waals surface area (Å²) in [5, 5.41) is 3.39. The highest BCUT2D eigenvalue weighted by molar-refractivity contribution is 4.92. The summed E-state index contributed by atoms with van der Waals surface area (Å²) in [5.41, 5.74) is 0. The lowest BCUT2D eigenvalue weighted by Crippen LogP contribution is -2.15. The zero-order valence-electron chi connectivity index (χ0n) is 8.18. The van der Waals surface area contributed by atoms with Gasteiger partial charge in [0.15, 0.2) is 0 Å². The molecule has 1 N–H and O–H groups in total. The number of hydrogen-bond acceptors (Lipinski definition) is 1. The molecule has 0 aromatic rings. The summed E-state index contributed by atoms with van der Waals surface area (Å²) in [4.78, 5) is 0. The quantitative estimate of drug-likeness (QED) is 0.474. The van der Waals surface area contributed by atoms with Crippen molar-refractivity contribution in [2.24, 2.45) is 5.92 Å². The van der Waals surface area contributed by atoms with Crippen molar-refractivity contribution < 1.29 is 0 Å². The van der Waals surface area contributed by atoms with Crippen molar-refractivity contribution in [3.63, 3.8) is 0 Å². The van der Waals surface area contributed by atoms with E-state index in [-0.39, 0.29) is 0 Å². The Morgan fingerprint density at radius 2 is 2.17 bits per heavy atom. The van der Waals surface area contributed by atoms with Crippen molar-refractivity contribution in [2.75, 3.05) is 13.1 Å². The molecule has 0 saturated heterocycles. The molecule has 0 aliphatic heterocycles. The highest BCUT2D eigenvalue weighted by Crippen LogP contribution is 2.27.